The molecule has 2 aromatic rings. The summed E-state index contributed by atoms with van der Waals surface area (Å²) in [7, 11) is -2.51. The van der Waals surface area contributed by atoms with E-state index in [9.17, 15) is 4.79 Å². The van der Waals surface area contributed by atoms with Crippen molar-refractivity contribution in [1.82, 2.24) is 0 Å². The second-order valence-corrected chi connectivity index (χ2v) is 11.2. The lowest BCUT2D eigenvalue weighted by molar-refractivity contribution is -0.109. The van der Waals surface area contributed by atoms with E-state index < -0.39 is 8.32 Å². The Labute approximate surface area is 140 Å². The standard InChI is InChI=1S/C20H26O2Si/c1-17(15-16-21)22-23(20(2,3)4,18-11-7-5-8-12-18)19-13-9-6-10-14-19/h5-14,16-17H,15H2,1-4H3/t17-/m0/s1. The number of hydrogen-bond donors (Lipinski definition) is 0. The third kappa shape index (κ3) is 3.62. The summed E-state index contributed by atoms with van der Waals surface area (Å²) in [6.45, 7) is 8.72. The minimum Gasteiger partial charge on any atom is -0.404 e. The van der Waals surface area contributed by atoms with E-state index in [2.05, 4.69) is 69.3 Å². The maximum absolute atomic E-state index is 11.0. The molecule has 1 atom stereocenters. The molecule has 0 fully saturated rings. The zero-order chi connectivity index (χ0) is 16.9. The largest absolute Gasteiger partial charge is 0.404 e. The quantitative estimate of drug-likeness (QED) is 0.599. The normalized spacial score (nSPS) is 13.6. The molecule has 2 aromatic carbocycles. The Hall–Kier alpha value is -1.71. The third-order valence-electron chi connectivity index (χ3n) is 4.22. The summed E-state index contributed by atoms with van der Waals surface area (Å²) in [5.74, 6) is 0. The summed E-state index contributed by atoms with van der Waals surface area (Å²) in [6.07, 6.45) is 1.27. The van der Waals surface area contributed by atoms with Crippen molar-refractivity contribution in [2.75, 3.05) is 0 Å². The van der Waals surface area contributed by atoms with Gasteiger partial charge in [-0.15, -0.1) is 0 Å². The number of aldehydes is 1. The van der Waals surface area contributed by atoms with Crippen LogP contribution in [0.1, 0.15) is 34.1 Å². The summed E-state index contributed by atoms with van der Waals surface area (Å²) < 4.78 is 6.72. The fraction of sp³-hybridized carbons (Fsp3) is 0.350. The number of rotatable bonds is 6. The molecule has 0 N–H and O–H groups in total. The van der Waals surface area contributed by atoms with Crippen LogP contribution in [0.4, 0.5) is 0 Å². The Morgan fingerprint density at radius 2 is 1.39 bits per heavy atom. The van der Waals surface area contributed by atoms with Crippen LogP contribution in [-0.2, 0) is 9.22 Å². The van der Waals surface area contributed by atoms with E-state index in [4.69, 9.17) is 4.43 Å². The molecule has 0 aromatic heterocycles. The molecule has 23 heavy (non-hydrogen) atoms. The van der Waals surface area contributed by atoms with Gasteiger partial charge in [-0.2, -0.15) is 0 Å². The van der Waals surface area contributed by atoms with Gasteiger partial charge >= 0.3 is 0 Å². The van der Waals surface area contributed by atoms with Gasteiger partial charge in [0.25, 0.3) is 8.32 Å². The second kappa shape index (κ2) is 7.24. The SMILES string of the molecule is C[C@@H](CC=O)O[Si](c1ccccc1)(c1ccccc1)C(C)(C)C. The Morgan fingerprint density at radius 3 is 1.74 bits per heavy atom. The van der Waals surface area contributed by atoms with Gasteiger partial charge in [0.05, 0.1) is 0 Å². The minimum absolute atomic E-state index is 0.0488. The van der Waals surface area contributed by atoms with E-state index in [0.29, 0.717) is 6.42 Å². The Balaban J connectivity index is 2.67. The van der Waals surface area contributed by atoms with Crippen molar-refractivity contribution in [2.24, 2.45) is 0 Å². The molecular formula is C20H26O2Si. The van der Waals surface area contributed by atoms with Gasteiger partial charge in [-0.1, -0.05) is 81.4 Å². The van der Waals surface area contributed by atoms with Gasteiger partial charge in [0.1, 0.15) is 6.29 Å². The molecule has 2 rings (SSSR count). The van der Waals surface area contributed by atoms with Crippen LogP contribution in [0, 0.1) is 0 Å². The molecule has 0 saturated heterocycles. The minimum atomic E-state index is -2.51. The zero-order valence-electron chi connectivity index (χ0n) is 14.5. The average molecular weight is 327 g/mol. The molecule has 2 nitrogen and oxygen atoms in total. The van der Waals surface area contributed by atoms with Crippen molar-refractivity contribution >= 4 is 25.0 Å². The molecule has 0 bridgehead atoms. The fourth-order valence-corrected chi connectivity index (χ4v) is 7.89. The zero-order valence-corrected chi connectivity index (χ0v) is 15.5. The Morgan fingerprint density at radius 1 is 0.957 bits per heavy atom. The van der Waals surface area contributed by atoms with Gasteiger partial charge in [0, 0.05) is 12.5 Å². The molecule has 0 amide bonds. The van der Waals surface area contributed by atoms with Crippen molar-refractivity contribution in [3.8, 4) is 0 Å². The first-order chi connectivity index (χ1) is 10.9. The predicted octanol–water partition coefficient (Wildman–Crippen LogP) is 3.54. The maximum Gasteiger partial charge on any atom is 0.261 e. The first kappa shape index (κ1) is 17.6. The van der Waals surface area contributed by atoms with Crippen LogP contribution in [0.25, 0.3) is 0 Å². The van der Waals surface area contributed by atoms with Gasteiger partial charge < -0.3 is 9.22 Å². The Kier molecular flexibility index (Phi) is 5.55. The van der Waals surface area contributed by atoms with Crippen LogP contribution >= 0.6 is 0 Å². The predicted molar refractivity (Wildman–Crippen MR) is 98.8 cm³/mol. The molecule has 0 heterocycles. The molecule has 122 valence electrons. The van der Waals surface area contributed by atoms with Gasteiger partial charge in [-0.25, -0.2) is 0 Å². The molecule has 0 aliphatic carbocycles. The highest BCUT2D eigenvalue weighted by molar-refractivity contribution is 6.99. The summed E-state index contributed by atoms with van der Waals surface area (Å²) in [5.41, 5.74) is 0. The number of benzene rings is 2. The van der Waals surface area contributed by atoms with Gasteiger partial charge in [-0.3, -0.25) is 0 Å². The second-order valence-electron chi connectivity index (χ2n) is 6.99. The van der Waals surface area contributed by atoms with Gasteiger partial charge in [-0.05, 0) is 22.3 Å². The van der Waals surface area contributed by atoms with Crippen LogP contribution in [0.15, 0.2) is 60.7 Å². The first-order valence-corrected chi connectivity index (χ1v) is 10.0. The van der Waals surface area contributed by atoms with E-state index in [1.54, 1.807) is 0 Å². The van der Waals surface area contributed by atoms with Crippen molar-refractivity contribution in [1.29, 1.82) is 0 Å². The first-order valence-electron chi connectivity index (χ1n) is 8.14. The molecular weight excluding hydrogens is 300 g/mol. The monoisotopic (exact) mass is 326 g/mol. The van der Waals surface area contributed by atoms with Gasteiger partial charge in [0.15, 0.2) is 0 Å². The number of hydrogen-bond acceptors (Lipinski definition) is 2. The van der Waals surface area contributed by atoms with Crippen molar-refractivity contribution < 1.29 is 9.22 Å². The summed E-state index contributed by atoms with van der Waals surface area (Å²) in [4.78, 5) is 11.0. The van der Waals surface area contributed by atoms with E-state index in [-0.39, 0.29) is 11.1 Å². The van der Waals surface area contributed by atoms with Gasteiger partial charge in [0.2, 0.25) is 0 Å². The topological polar surface area (TPSA) is 26.3 Å². The van der Waals surface area contributed by atoms with Crippen molar-refractivity contribution in [2.45, 2.75) is 45.3 Å². The third-order valence-corrected chi connectivity index (χ3v) is 9.38. The number of carbonyl (C=O) groups excluding carboxylic acids is 1. The van der Waals surface area contributed by atoms with Crippen LogP contribution in [0.5, 0.6) is 0 Å². The van der Waals surface area contributed by atoms with Crippen molar-refractivity contribution in [3.05, 3.63) is 60.7 Å². The Bertz CT molecular complexity index is 578. The van der Waals surface area contributed by atoms with Crippen LogP contribution in [-0.4, -0.2) is 20.7 Å². The molecule has 0 aliphatic rings. The lowest BCUT2D eigenvalue weighted by Gasteiger charge is -2.44. The summed E-state index contributed by atoms with van der Waals surface area (Å²) in [5, 5.41) is 2.44. The van der Waals surface area contributed by atoms with Crippen LogP contribution in [0.3, 0.4) is 0 Å². The molecule has 0 spiro atoms. The molecule has 0 radical (unpaired) electrons. The smallest absolute Gasteiger partial charge is 0.261 e. The van der Waals surface area contributed by atoms with Crippen LogP contribution in [0.2, 0.25) is 5.04 Å². The molecule has 0 unspecified atom stereocenters. The lowest BCUT2D eigenvalue weighted by atomic mass is 10.2. The number of carbonyl (C=O) groups is 1. The van der Waals surface area contributed by atoms with Crippen molar-refractivity contribution in [3.63, 3.8) is 0 Å². The molecule has 0 aliphatic heterocycles. The van der Waals surface area contributed by atoms with E-state index in [1.165, 1.54) is 10.4 Å². The average Bonchev–Trinajstić information content (AvgIpc) is 2.53. The lowest BCUT2D eigenvalue weighted by Crippen LogP contribution is -2.67. The molecule has 0 saturated carbocycles. The molecule has 3 heteroatoms. The highest BCUT2D eigenvalue weighted by atomic mass is 28.4. The summed E-state index contributed by atoms with van der Waals surface area (Å²) >= 11 is 0. The maximum atomic E-state index is 11.0. The van der Waals surface area contributed by atoms with E-state index in [0.717, 1.165) is 6.29 Å². The van der Waals surface area contributed by atoms with E-state index in [1.807, 2.05) is 19.1 Å². The highest BCUT2D eigenvalue weighted by Gasteiger charge is 2.50. The summed E-state index contributed by atoms with van der Waals surface area (Å²) in [6, 6.07) is 21.0. The van der Waals surface area contributed by atoms with E-state index >= 15 is 0 Å². The fourth-order valence-electron chi connectivity index (χ4n) is 3.18. The van der Waals surface area contributed by atoms with Crippen LogP contribution < -0.4 is 10.4 Å². The highest BCUT2D eigenvalue weighted by Crippen LogP contribution is 2.37.